The van der Waals surface area contributed by atoms with Gasteiger partial charge in [0.15, 0.2) is 0 Å². The first-order valence-corrected chi connectivity index (χ1v) is 13.3. The molecule has 10 heteroatoms. The first kappa shape index (κ1) is 28.1. The molecule has 1 fully saturated rings. The molecule has 2 aliphatic heterocycles. The third kappa shape index (κ3) is 6.22. The molecular formula is C29H35FN4O5. The van der Waals surface area contributed by atoms with Crippen molar-refractivity contribution in [3.63, 3.8) is 0 Å². The van der Waals surface area contributed by atoms with Gasteiger partial charge in [0.05, 0.1) is 25.3 Å². The third-order valence-corrected chi connectivity index (χ3v) is 7.04. The SMILES string of the molecule is CCOC(=O)C1=C(CN2CCCN(C(=O)c3ccc(F)cc3)CC2)N(CC)C(=O)NC1c1ccccc1OC. The Balaban J connectivity index is 1.64. The maximum Gasteiger partial charge on any atom is 0.338 e. The molecule has 2 aromatic carbocycles. The lowest BCUT2D eigenvalue weighted by Crippen LogP contribution is -2.51. The highest BCUT2D eigenvalue weighted by atomic mass is 19.1. The number of amides is 3. The number of rotatable bonds is 8. The Labute approximate surface area is 228 Å². The number of hydrogen-bond donors (Lipinski definition) is 1. The summed E-state index contributed by atoms with van der Waals surface area (Å²) in [5.41, 5.74) is 2.05. The molecule has 9 nitrogen and oxygen atoms in total. The fourth-order valence-electron chi connectivity index (χ4n) is 5.11. The summed E-state index contributed by atoms with van der Waals surface area (Å²) in [6.07, 6.45) is 0.712. The molecule has 0 aliphatic carbocycles. The summed E-state index contributed by atoms with van der Waals surface area (Å²) in [6.45, 7) is 6.74. The van der Waals surface area contributed by atoms with Crippen LogP contribution < -0.4 is 10.1 Å². The lowest BCUT2D eigenvalue weighted by atomic mass is 9.93. The Hall–Kier alpha value is -3.92. The predicted octanol–water partition coefficient (Wildman–Crippen LogP) is 3.59. The van der Waals surface area contributed by atoms with Crippen LogP contribution in [-0.4, -0.2) is 85.6 Å². The van der Waals surface area contributed by atoms with E-state index in [1.165, 1.54) is 24.3 Å². The molecule has 1 N–H and O–H groups in total. The minimum absolute atomic E-state index is 0.147. The van der Waals surface area contributed by atoms with Crippen LogP contribution >= 0.6 is 0 Å². The van der Waals surface area contributed by atoms with Crippen LogP contribution in [0.4, 0.5) is 9.18 Å². The van der Waals surface area contributed by atoms with E-state index in [0.717, 1.165) is 0 Å². The number of halogens is 1. The first-order chi connectivity index (χ1) is 18.9. The molecule has 1 atom stereocenters. The first-order valence-electron chi connectivity index (χ1n) is 13.3. The maximum absolute atomic E-state index is 13.4. The molecule has 2 aliphatic rings. The van der Waals surface area contributed by atoms with Gasteiger partial charge in [-0.1, -0.05) is 18.2 Å². The maximum atomic E-state index is 13.4. The van der Waals surface area contributed by atoms with Crippen molar-refractivity contribution in [1.29, 1.82) is 0 Å². The van der Waals surface area contributed by atoms with Gasteiger partial charge in [0.1, 0.15) is 11.6 Å². The summed E-state index contributed by atoms with van der Waals surface area (Å²) >= 11 is 0. The van der Waals surface area contributed by atoms with Gasteiger partial charge in [-0.05, 0) is 50.6 Å². The van der Waals surface area contributed by atoms with Gasteiger partial charge in [0, 0.05) is 56.1 Å². The number of carbonyl (C=O) groups excluding carboxylic acids is 3. The third-order valence-electron chi connectivity index (χ3n) is 7.04. The molecule has 39 heavy (non-hydrogen) atoms. The normalized spacial score (nSPS) is 18.5. The fraction of sp³-hybridized carbons (Fsp3) is 0.414. The van der Waals surface area contributed by atoms with Crippen LogP contribution in [0.3, 0.4) is 0 Å². The molecule has 0 bridgehead atoms. The van der Waals surface area contributed by atoms with Crippen molar-refractivity contribution < 1.29 is 28.2 Å². The highest BCUT2D eigenvalue weighted by Gasteiger charge is 2.39. The lowest BCUT2D eigenvalue weighted by molar-refractivity contribution is -0.139. The zero-order valence-corrected chi connectivity index (χ0v) is 22.6. The molecule has 0 spiro atoms. The molecule has 2 heterocycles. The van der Waals surface area contributed by atoms with Crippen LogP contribution in [-0.2, 0) is 9.53 Å². The second-order valence-electron chi connectivity index (χ2n) is 9.38. The van der Waals surface area contributed by atoms with Gasteiger partial charge in [0.25, 0.3) is 5.91 Å². The number of esters is 1. The van der Waals surface area contributed by atoms with E-state index in [-0.39, 0.29) is 24.4 Å². The van der Waals surface area contributed by atoms with Crippen LogP contribution in [0, 0.1) is 5.82 Å². The second-order valence-corrected chi connectivity index (χ2v) is 9.38. The number of para-hydroxylation sites is 1. The van der Waals surface area contributed by atoms with Crippen LogP contribution in [0.2, 0.25) is 0 Å². The zero-order valence-electron chi connectivity index (χ0n) is 22.6. The van der Waals surface area contributed by atoms with E-state index in [4.69, 9.17) is 9.47 Å². The standard InChI is InChI=1S/C29H35FN4O5/c1-4-34-23(19-32-15-8-16-33(18-17-32)27(35)20-11-13-21(30)14-12-20)25(28(36)39-5-2)26(31-29(34)37)22-9-6-7-10-24(22)38-3/h6-7,9-14,26H,4-5,8,15-19H2,1-3H3,(H,31,37). The van der Waals surface area contributed by atoms with E-state index in [1.54, 1.807) is 29.9 Å². The molecule has 0 saturated carbocycles. The summed E-state index contributed by atoms with van der Waals surface area (Å²) in [6, 6.07) is 11.8. The van der Waals surface area contributed by atoms with Gasteiger partial charge in [0.2, 0.25) is 0 Å². The number of hydrogen-bond acceptors (Lipinski definition) is 6. The Morgan fingerprint density at radius 3 is 2.46 bits per heavy atom. The number of carbonyl (C=O) groups is 3. The van der Waals surface area contributed by atoms with Crippen LogP contribution in [0.1, 0.15) is 42.2 Å². The van der Waals surface area contributed by atoms with Crippen molar-refractivity contribution in [1.82, 2.24) is 20.0 Å². The Morgan fingerprint density at radius 2 is 1.77 bits per heavy atom. The summed E-state index contributed by atoms with van der Waals surface area (Å²) in [5.74, 6) is -0.474. The fourth-order valence-corrected chi connectivity index (χ4v) is 5.11. The number of urea groups is 1. The zero-order chi connectivity index (χ0) is 27.9. The number of methoxy groups -OCH3 is 1. The summed E-state index contributed by atoms with van der Waals surface area (Å²) in [4.78, 5) is 45.2. The number of nitrogens with zero attached hydrogens (tertiary/aromatic N) is 3. The lowest BCUT2D eigenvalue weighted by Gasteiger charge is -2.38. The monoisotopic (exact) mass is 538 g/mol. The Bertz CT molecular complexity index is 1230. The second kappa shape index (κ2) is 12.8. The van der Waals surface area contributed by atoms with Gasteiger partial charge in [-0.2, -0.15) is 0 Å². The Morgan fingerprint density at radius 1 is 1.03 bits per heavy atom. The molecular weight excluding hydrogens is 503 g/mol. The smallest absolute Gasteiger partial charge is 0.338 e. The van der Waals surface area contributed by atoms with E-state index in [1.807, 2.05) is 25.1 Å². The van der Waals surface area contributed by atoms with Crippen molar-refractivity contribution in [2.45, 2.75) is 26.3 Å². The van der Waals surface area contributed by atoms with E-state index < -0.39 is 12.0 Å². The van der Waals surface area contributed by atoms with Gasteiger partial charge < -0.3 is 19.7 Å². The number of benzene rings is 2. The highest BCUT2D eigenvalue weighted by molar-refractivity contribution is 5.95. The molecule has 1 saturated heterocycles. The molecule has 4 rings (SSSR count). The van der Waals surface area contributed by atoms with Crippen LogP contribution in [0.25, 0.3) is 0 Å². The van der Waals surface area contributed by atoms with E-state index >= 15 is 0 Å². The van der Waals surface area contributed by atoms with E-state index in [2.05, 4.69) is 10.2 Å². The number of ether oxygens (including phenoxy) is 2. The largest absolute Gasteiger partial charge is 0.496 e. The van der Waals surface area contributed by atoms with E-state index in [0.29, 0.717) is 73.8 Å². The minimum Gasteiger partial charge on any atom is -0.496 e. The van der Waals surface area contributed by atoms with Crippen molar-refractivity contribution in [2.24, 2.45) is 0 Å². The van der Waals surface area contributed by atoms with Gasteiger partial charge in [-0.15, -0.1) is 0 Å². The van der Waals surface area contributed by atoms with Gasteiger partial charge >= 0.3 is 12.0 Å². The van der Waals surface area contributed by atoms with Crippen molar-refractivity contribution >= 4 is 17.9 Å². The summed E-state index contributed by atoms with van der Waals surface area (Å²) < 4.78 is 24.3. The molecule has 0 radical (unpaired) electrons. The number of likely N-dealkylation sites (N-methyl/N-ethyl adjacent to an activating group) is 1. The molecule has 2 aromatic rings. The molecule has 1 unspecified atom stereocenters. The Kier molecular flexibility index (Phi) is 9.19. The van der Waals surface area contributed by atoms with Crippen molar-refractivity contribution in [2.75, 3.05) is 53.0 Å². The molecule has 3 amide bonds. The topological polar surface area (TPSA) is 91.4 Å². The average Bonchev–Trinajstić information content (AvgIpc) is 3.18. The van der Waals surface area contributed by atoms with Crippen LogP contribution in [0.15, 0.2) is 59.8 Å². The molecule has 208 valence electrons. The average molecular weight is 539 g/mol. The van der Waals surface area contributed by atoms with E-state index in [9.17, 15) is 18.8 Å². The predicted molar refractivity (Wildman–Crippen MR) is 144 cm³/mol. The summed E-state index contributed by atoms with van der Waals surface area (Å²) in [5, 5.41) is 2.97. The van der Waals surface area contributed by atoms with Crippen molar-refractivity contribution in [3.05, 3.63) is 76.7 Å². The highest BCUT2D eigenvalue weighted by Crippen LogP contribution is 2.36. The summed E-state index contributed by atoms with van der Waals surface area (Å²) in [7, 11) is 1.55. The van der Waals surface area contributed by atoms with Gasteiger partial charge in [-0.25, -0.2) is 14.0 Å². The van der Waals surface area contributed by atoms with Crippen LogP contribution in [0.5, 0.6) is 5.75 Å². The van der Waals surface area contributed by atoms with Gasteiger partial charge in [-0.3, -0.25) is 14.6 Å². The number of nitrogens with one attached hydrogen (secondary N) is 1. The quantitative estimate of drug-likeness (QED) is 0.517. The van der Waals surface area contributed by atoms with Crippen molar-refractivity contribution in [3.8, 4) is 5.75 Å². The minimum atomic E-state index is -0.742. The molecule has 0 aromatic heterocycles.